The number of aromatic nitrogens is 1. The van der Waals surface area contributed by atoms with Crippen molar-refractivity contribution in [2.24, 2.45) is 0 Å². The van der Waals surface area contributed by atoms with Crippen LogP contribution in [0.3, 0.4) is 0 Å². The molecule has 0 saturated carbocycles. The molecule has 0 fully saturated rings. The second-order valence-corrected chi connectivity index (χ2v) is 4.14. The topological polar surface area (TPSA) is 48.1 Å². The van der Waals surface area contributed by atoms with Gasteiger partial charge in [0.1, 0.15) is 5.82 Å². The molecule has 2 N–H and O–H groups in total. The van der Waals surface area contributed by atoms with Crippen LogP contribution in [-0.2, 0) is 0 Å². The number of nitrogens with two attached hydrogens (primary N) is 1. The van der Waals surface area contributed by atoms with Gasteiger partial charge in [0.2, 0.25) is 5.88 Å². The van der Waals surface area contributed by atoms with Crippen molar-refractivity contribution in [1.29, 1.82) is 0 Å². The molecule has 0 spiro atoms. The van der Waals surface area contributed by atoms with E-state index in [0.29, 0.717) is 4.47 Å². The van der Waals surface area contributed by atoms with E-state index in [1.54, 1.807) is 6.07 Å². The number of rotatable bonds is 2. The van der Waals surface area contributed by atoms with Gasteiger partial charge < -0.3 is 10.5 Å². The molecular weight excluding hydrogens is 294 g/mol. The molecule has 3 nitrogen and oxygen atoms in total. The number of nitrogens with zero attached hydrogens (tertiary/aromatic N) is 1. The Bertz CT molecular complexity index is 563. The van der Waals surface area contributed by atoms with E-state index < -0.39 is 11.6 Å². The molecule has 2 aromatic rings. The van der Waals surface area contributed by atoms with Gasteiger partial charge in [0.15, 0.2) is 11.6 Å². The van der Waals surface area contributed by atoms with Crippen molar-refractivity contribution in [2.45, 2.75) is 0 Å². The summed E-state index contributed by atoms with van der Waals surface area (Å²) < 4.78 is 32.0. The molecule has 0 amide bonds. The minimum absolute atomic E-state index is 0.0256. The molecular formula is C11H7BrF2N2O. The van der Waals surface area contributed by atoms with Crippen molar-refractivity contribution >= 4 is 21.6 Å². The zero-order chi connectivity index (χ0) is 12.4. The van der Waals surface area contributed by atoms with Crippen molar-refractivity contribution in [1.82, 2.24) is 4.98 Å². The Hall–Kier alpha value is -1.69. The van der Waals surface area contributed by atoms with Crippen molar-refractivity contribution in [3.63, 3.8) is 0 Å². The van der Waals surface area contributed by atoms with E-state index in [1.165, 1.54) is 6.20 Å². The van der Waals surface area contributed by atoms with Crippen LogP contribution in [0, 0.1) is 11.6 Å². The fourth-order valence-electron chi connectivity index (χ4n) is 1.19. The number of nitrogen functional groups attached to an aromatic ring is 1. The zero-order valence-electron chi connectivity index (χ0n) is 8.45. The summed E-state index contributed by atoms with van der Waals surface area (Å²) in [6.07, 6.45) is 1.45. The van der Waals surface area contributed by atoms with Gasteiger partial charge in [-0.2, -0.15) is 0 Å². The Morgan fingerprint density at radius 3 is 2.71 bits per heavy atom. The summed E-state index contributed by atoms with van der Waals surface area (Å²) in [4.78, 5) is 3.86. The van der Waals surface area contributed by atoms with Crippen LogP contribution in [0.2, 0.25) is 0 Å². The van der Waals surface area contributed by atoms with Gasteiger partial charge >= 0.3 is 0 Å². The lowest BCUT2D eigenvalue weighted by molar-refractivity contribution is 0.424. The van der Waals surface area contributed by atoms with E-state index in [1.807, 2.05) is 0 Å². The number of benzene rings is 1. The van der Waals surface area contributed by atoms with Gasteiger partial charge in [-0.05, 0) is 34.1 Å². The van der Waals surface area contributed by atoms with Gasteiger partial charge in [0.25, 0.3) is 0 Å². The van der Waals surface area contributed by atoms with E-state index in [9.17, 15) is 8.78 Å². The molecule has 0 aliphatic heterocycles. The number of hydrogen-bond donors (Lipinski definition) is 1. The molecule has 6 heteroatoms. The molecule has 1 aromatic heterocycles. The molecule has 0 atom stereocenters. The summed E-state index contributed by atoms with van der Waals surface area (Å²) in [6, 6.07) is 4.46. The summed E-state index contributed by atoms with van der Waals surface area (Å²) >= 11 is 3.18. The summed E-state index contributed by atoms with van der Waals surface area (Å²) in [5, 5.41) is 0. The fourth-order valence-corrected chi connectivity index (χ4v) is 1.54. The van der Waals surface area contributed by atoms with Crippen LogP contribution >= 0.6 is 15.9 Å². The summed E-state index contributed by atoms with van der Waals surface area (Å²) in [7, 11) is 0. The van der Waals surface area contributed by atoms with Crippen LogP contribution in [0.5, 0.6) is 11.6 Å². The lowest BCUT2D eigenvalue weighted by Gasteiger charge is -2.08. The first-order chi connectivity index (χ1) is 8.06. The molecule has 88 valence electrons. The minimum Gasteiger partial charge on any atom is -0.434 e. The highest BCUT2D eigenvalue weighted by molar-refractivity contribution is 9.10. The molecule has 0 radical (unpaired) electrons. The van der Waals surface area contributed by atoms with Crippen LogP contribution < -0.4 is 10.5 Å². The maximum Gasteiger partial charge on any atom is 0.242 e. The SMILES string of the molecule is Nc1cc(Br)cnc1Oc1cc(F)ccc1F. The second-order valence-electron chi connectivity index (χ2n) is 3.22. The quantitative estimate of drug-likeness (QED) is 0.923. The van der Waals surface area contributed by atoms with Crippen molar-refractivity contribution < 1.29 is 13.5 Å². The Kier molecular flexibility index (Phi) is 3.23. The first-order valence-corrected chi connectivity index (χ1v) is 5.39. The van der Waals surface area contributed by atoms with E-state index in [0.717, 1.165) is 18.2 Å². The average Bonchev–Trinajstić information content (AvgIpc) is 2.27. The predicted octanol–water partition coefficient (Wildman–Crippen LogP) is 3.50. The van der Waals surface area contributed by atoms with Crippen LogP contribution in [-0.4, -0.2) is 4.98 Å². The van der Waals surface area contributed by atoms with Gasteiger partial charge in [-0.15, -0.1) is 0 Å². The Labute approximate surface area is 104 Å². The molecule has 2 rings (SSSR count). The van der Waals surface area contributed by atoms with E-state index >= 15 is 0 Å². The lowest BCUT2D eigenvalue weighted by Crippen LogP contribution is -1.96. The van der Waals surface area contributed by atoms with Crippen LogP contribution in [0.4, 0.5) is 14.5 Å². The highest BCUT2D eigenvalue weighted by Gasteiger charge is 2.09. The van der Waals surface area contributed by atoms with E-state index in [2.05, 4.69) is 20.9 Å². The first-order valence-electron chi connectivity index (χ1n) is 4.60. The van der Waals surface area contributed by atoms with Gasteiger partial charge in [0, 0.05) is 16.7 Å². The number of anilines is 1. The van der Waals surface area contributed by atoms with Crippen LogP contribution in [0.15, 0.2) is 34.9 Å². The van der Waals surface area contributed by atoms with Crippen LogP contribution in [0.25, 0.3) is 0 Å². The third kappa shape index (κ3) is 2.71. The maximum atomic E-state index is 13.3. The number of pyridine rings is 1. The predicted molar refractivity (Wildman–Crippen MR) is 62.8 cm³/mol. The summed E-state index contributed by atoms with van der Waals surface area (Å²) in [5.41, 5.74) is 5.85. The van der Waals surface area contributed by atoms with Crippen LogP contribution in [0.1, 0.15) is 0 Å². The van der Waals surface area contributed by atoms with Gasteiger partial charge in [-0.25, -0.2) is 13.8 Å². The molecule has 0 aliphatic carbocycles. The molecule has 0 aliphatic rings. The Balaban J connectivity index is 2.34. The average molecular weight is 301 g/mol. The molecule has 17 heavy (non-hydrogen) atoms. The highest BCUT2D eigenvalue weighted by atomic mass is 79.9. The lowest BCUT2D eigenvalue weighted by atomic mass is 10.3. The van der Waals surface area contributed by atoms with E-state index in [-0.39, 0.29) is 17.3 Å². The molecule has 0 unspecified atom stereocenters. The fraction of sp³-hybridized carbons (Fsp3) is 0. The monoisotopic (exact) mass is 300 g/mol. The van der Waals surface area contributed by atoms with Gasteiger partial charge in [-0.3, -0.25) is 0 Å². The van der Waals surface area contributed by atoms with Gasteiger partial charge in [0.05, 0.1) is 5.69 Å². The first kappa shape index (κ1) is 11.8. The Morgan fingerprint density at radius 2 is 2.00 bits per heavy atom. The minimum atomic E-state index is -0.685. The Morgan fingerprint density at radius 1 is 1.24 bits per heavy atom. The second kappa shape index (κ2) is 4.67. The maximum absolute atomic E-state index is 13.3. The zero-order valence-corrected chi connectivity index (χ0v) is 10.0. The van der Waals surface area contributed by atoms with Crippen molar-refractivity contribution in [2.75, 3.05) is 5.73 Å². The largest absolute Gasteiger partial charge is 0.434 e. The summed E-state index contributed by atoms with van der Waals surface area (Å²) in [5.74, 6) is -1.52. The number of hydrogen-bond acceptors (Lipinski definition) is 3. The highest BCUT2D eigenvalue weighted by Crippen LogP contribution is 2.29. The molecule has 0 bridgehead atoms. The smallest absolute Gasteiger partial charge is 0.242 e. The standard InChI is InChI=1S/C11H7BrF2N2O/c12-6-3-9(15)11(16-5-6)17-10-4-7(13)1-2-8(10)14/h1-5H,15H2. The summed E-state index contributed by atoms with van der Waals surface area (Å²) in [6.45, 7) is 0. The third-order valence-electron chi connectivity index (χ3n) is 1.95. The number of ether oxygens (including phenoxy) is 1. The normalized spacial score (nSPS) is 10.3. The van der Waals surface area contributed by atoms with E-state index in [4.69, 9.17) is 10.5 Å². The molecule has 1 aromatic carbocycles. The molecule has 1 heterocycles. The number of halogens is 3. The van der Waals surface area contributed by atoms with Gasteiger partial charge in [-0.1, -0.05) is 0 Å². The third-order valence-corrected chi connectivity index (χ3v) is 2.38. The van der Waals surface area contributed by atoms with Crippen molar-refractivity contribution in [3.05, 3.63) is 46.6 Å². The van der Waals surface area contributed by atoms with Crippen molar-refractivity contribution in [3.8, 4) is 11.6 Å². The molecule has 0 saturated heterocycles.